The molecule has 0 spiro atoms. The molecule has 0 unspecified atom stereocenters. The SMILES string of the molecule is C[C@H](N[C@H]1CCN(C(=O)COc2ccccc2)C1)c1cnccn1. The Hall–Kier alpha value is -2.47. The van der Waals surface area contributed by atoms with Crippen molar-refractivity contribution in [2.75, 3.05) is 19.7 Å². The largest absolute Gasteiger partial charge is 0.484 e. The van der Waals surface area contributed by atoms with E-state index in [1.54, 1.807) is 18.6 Å². The number of nitrogens with one attached hydrogen (secondary N) is 1. The second-order valence-electron chi connectivity index (χ2n) is 5.95. The van der Waals surface area contributed by atoms with Crippen LogP contribution in [0.3, 0.4) is 0 Å². The van der Waals surface area contributed by atoms with Crippen molar-refractivity contribution >= 4 is 5.91 Å². The summed E-state index contributed by atoms with van der Waals surface area (Å²) in [6, 6.07) is 9.78. The van der Waals surface area contributed by atoms with Crippen LogP contribution in [0.15, 0.2) is 48.9 Å². The highest BCUT2D eigenvalue weighted by Gasteiger charge is 2.27. The van der Waals surface area contributed by atoms with Gasteiger partial charge in [0.25, 0.3) is 5.91 Å². The second kappa shape index (κ2) is 7.88. The van der Waals surface area contributed by atoms with Crippen molar-refractivity contribution in [3.63, 3.8) is 0 Å². The maximum Gasteiger partial charge on any atom is 0.260 e. The van der Waals surface area contributed by atoms with E-state index in [0.29, 0.717) is 6.54 Å². The predicted octanol–water partition coefficient (Wildman–Crippen LogP) is 1.81. The van der Waals surface area contributed by atoms with Crippen molar-refractivity contribution in [3.8, 4) is 5.75 Å². The molecule has 0 radical (unpaired) electrons. The highest BCUT2D eigenvalue weighted by Crippen LogP contribution is 2.15. The van der Waals surface area contributed by atoms with Crippen molar-refractivity contribution in [2.45, 2.75) is 25.4 Å². The van der Waals surface area contributed by atoms with Gasteiger partial charge in [0, 0.05) is 43.8 Å². The fourth-order valence-electron chi connectivity index (χ4n) is 2.85. The molecule has 1 aromatic heterocycles. The van der Waals surface area contributed by atoms with Gasteiger partial charge in [0.1, 0.15) is 5.75 Å². The molecule has 6 heteroatoms. The molecule has 126 valence electrons. The standard InChI is InChI=1S/C18H22N4O2/c1-14(17-11-19-8-9-20-17)21-15-7-10-22(12-15)18(23)13-24-16-5-3-2-4-6-16/h2-6,8-9,11,14-15,21H,7,10,12-13H2,1H3/t14-,15-/m0/s1. The van der Waals surface area contributed by atoms with E-state index < -0.39 is 0 Å². The van der Waals surface area contributed by atoms with Gasteiger partial charge in [0.2, 0.25) is 0 Å². The first kappa shape index (κ1) is 16.4. The first-order chi connectivity index (χ1) is 11.7. The topological polar surface area (TPSA) is 67.4 Å². The highest BCUT2D eigenvalue weighted by atomic mass is 16.5. The van der Waals surface area contributed by atoms with Gasteiger partial charge in [-0.1, -0.05) is 18.2 Å². The molecule has 6 nitrogen and oxygen atoms in total. The van der Waals surface area contributed by atoms with Gasteiger partial charge in [-0.25, -0.2) is 0 Å². The smallest absolute Gasteiger partial charge is 0.260 e. The summed E-state index contributed by atoms with van der Waals surface area (Å²) in [6.45, 7) is 3.59. The number of likely N-dealkylation sites (tertiary alicyclic amines) is 1. The lowest BCUT2D eigenvalue weighted by molar-refractivity contribution is -0.132. The highest BCUT2D eigenvalue weighted by molar-refractivity contribution is 5.78. The summed E-state index contributed by atoms with van der Waals surface area (Å²) in [4.78, 5) is 22.5. The number of nitrogens with zero attached hydrogens (tertiary/aromatic N) is 3. The van der Waals surface area contributed by atoms with Crippen LogP contribution in [0, 0.1) is 0 Å². The molecule has 1 N–H and O–H groups in total. The van der Waals surface area contributed by atoms with Gasteiger partial charge >= 0.3 is 0 Å². The van der Waals surface area contributed by atoms with Gasteiger partial charge in [0.05, 0.1) is 5.69 Å². The number of benzene rings is 1. The van der Waals surface area contributed by atoms with E-state index in [0.717, 1.165) is 24.4 Å². The third-order valence-electron chi connectivity index (χ3n) is 4.16. The molecule has 0 bridgehead atoms. The summed E-state index contributed by atoms with van der Waals surface area (Å²) in [6.07, 6.45) is 6.06. The van der Waals surface area contributed by atoms with E-state index in [9.17, 15) is 4.79 Å². The minimum absolute atomic E-state index is 0.0234. The molecule has 1 fully saturated rings. The Morgan fingerprint density at radius 2 is 2.21 bits per heavy atom. The van der Waals surface area contributed by atoms with Crippen LogP contribution >= 0.6 is 0 Å². The number of hydrogen-bond acceptors (Lipinski definition) is 5. The number of carbonyl (C=O) groups is 1. The Morgan fingerprint density at radius 1 is 1.38 bits per heavy atom. The van der Waals surface area contributed by atoms with Crippen molar-refractivity contribution in [1.29, 1.82) is 0 Å². The third kappa shape index (κ3) is 4.29. The van der Waals surface area contributed by atoms with Gasteiger partial charge in [-0.15, -0.1) is 0 Å². The number of hydrogen-bond donors (Lipinski definition) is 1. The van der Waals surface area contributed by atoms with E-state index in [-0.39, 0.29) is 24.6 Å². The maximum atomic E-state index is 12.3. The molecule has 2 atom stereocenters. The Kier molecular flexibility index (Phi) is 5.38. The first-order valence-electron chi connectivity index (χ1n) is 8.20. The summed E-state index contributed by atoms with van der Waals surface area (Å²) in [5.41, 5.74) is 0.912. The zero-order valence-corrected chi connectivity index (χ0v) is 13.8. The summed E-state index contributed by atoms with van der Waals surface area (Å²) in [7, 11) is 0. The van der Waals surface area contributed by atoms with Crippen LogP contribution in [0.4, 0.5) is 0 Å². The Balaban J connectivity index is 1.45. The normalized spacial score (nSPS) is 18.4. The van der Waals surface area contributed by atoms with E-state index in [1.807, 2.05) is 35.2 Å². The minimum atomic E-state index is 0.0234. The van der Waals surface area contributed by atoms with Gasteiger partial charge < -0.3 is 15.0 Å². The van der Waals surface area contributed by atoms with Crippen molar-refractivity contribution in [1.82, 2.24) is 20.2 Å². The average molecular weight is 326 g/mol. The van der Waals surface area contributed by atoms with Crippen LogP contribution in [0.1, 0.15) is 25.1 Å². The average Bonchev–Trinajstić information content (AvgIpc) is 3.10. The van der Waals surface area contributed by atoms with Crippen molar-refractivity contribution in [2.24, 2.45) is 0 Å². The number of ether oxygens (including phenoxy) is 1. The summed E-state index contributed by atoms with van der Waals surface area (Å²) in [5.74, 6) is 0.742. The molecule has 1 aliphatic heterocycles. The third-order valence-corrected chi connectivity index (χ3v) is 4.16. The zero-order valence-electron chi connectivity index (χ0n) is 13.8. The Bertz CT molecular complexity index is 651. The van der Waals surface area contributed by atoms with Crippen LogP contribution < -0.4 is 10.1 Å². The van der Waals surface area contributed by atoms with E-state index in [1.165, 1.54) is 0 Å². The fraction of sp³-hybridized carbons (Fsp3) is 0.389. The van der Waals surface area contributed by atoms with Crippen LogP contribution in [-0.4, -0.2) is 46.5 Å². The summed E-state index contributed by atoms with van der Waals surface area (Å²) >= 11 is 0. The molecular formula is C18H22N4O2. The lowest BCUT2D eigenvalue weighted by Gasteiger charge is -2.20. The monoisotopic (exact) mass is 326 g/mol. The number of amides is 1. The number of para-hydroxylation sites is 1. The van der Waals surface area contributed by atoms with Crippen LogP contribution in [0.5, 0.6) is 5.75 Å². The summed E-state index contributed by atoms with van der Waals surface area (Å²) < 4.78 is 5.54. The molecule has 2 heterocycles. The fourth-order valence-corrected chi connectivity index (χ4v) is 2.85. The lowest BCUT2D eigenvalue weighted by Crippen LogP contribution is -2.38. The number of carbonyl (C=O) groups excluding carboxylic acids is 1. The molecule has 1 saturated heterocycles. The van der Waals surface area contributed by atoms with Gasteiger partial charge in [-0.05, 0) is 25.5 Å². The molecular weight excluding hydrogens is 304 g/mol. The predicted molar refractivity (Wildman–Crippen MR) is 90.5 cm³/mol. The van der Waals surface area contributed by atoms with Gasteiger partial charge in [0.15, 0.2) is 6.61 Å². The van der Waals surface area contributed by atoms with Crippen molar-refractivity contribution < 1.29 is 9.53 Å². The number of aromatic nitrogens is 2. The Morgan fingerprint density at radius 3 is 2.96 bits per heavy atom. The van der Waals surface area contributed by atoms with Crippen LogP contribution in [0.2, 0.25) is 0 Å². The molecule has 1 amide bonds. The minimum Gasteiger partial charge on any atom is -0.484 e. The molecule has 1 aliphatic rings. The molecule has 1 aromatic carbocycles. The number of rotatable bonds is 6. The molecule has 2 aromatic rings. The quantitative estimate of drug-likeness (QED) is 0.877. The van der Waals surface area contributed by atoms with Crippen LogP contribution in [0.25, 0.3) is 0 Å². The van der Waals surface area contributed by atoms with E-state index >= 15 is 0 Å². The summed E-state index contributed by atoms with van der Waals surface area (Å²) in [5, 5.41) is 3.52. The van der Waals surface area contributed by atoms with Gasteiger partial charge in [-0.3, -0.25) is 14.8 Å². The van der Waals surface area contributed by atoms with Crippen LogP contribution in [-0.2, 0) is 4.79 Å². The zero-order chi connectivity index (χ0) is 16.8. The first-order valence-corrected chi connectivity index (χ1v) is 8.20. The second-order valence-corrected chi connectivity index (χ2v) is 5.95. The van der Waals surface area contributed by atoms with E-state index in [4.69, 9.17) is 4.74 Å². The molecule has 3 rings (SSSR count). The van der Waals surface area contributed by atoms with Gasteiger partial charge in [-0.2, -0.15) is 0 Å². The van der Waals surface area contributed by atoms with E-state index in [2.05, 4.69) is 22.2 Å². The molecule has 24 heavy (non-hydrogen) atoms. The molecule has 0 saturated carbocycles. The van der Waals surface area contributed by atoms with Crippen molar-refractivity contribution in [3.05, 3.63) is 54.6 Å². The maximum absolute atomic E-state index is 12.3. The lowest BCUT2D eigenvalue weighted by atomic mass is 10.2. The Labute approximate surface area is 141 Å². The molecule has 0 aliphatic carbocycles.